The second-order valence-corrected chi connectivity index (χ2v) is 15.8. The lowest BCUT2D eigenvalue weighted by Crippen LogP contribution is -2.57. The van der Waals surface area contributed by atoms with Gasteiger partial charge in [0.15, 0.2) is 0 Å². The summed E-state index contributed by atoms with van der Waals surface area (Å²) < 4.78 is 22.1. The number of carbonyl (C=O) groups is 5. The van der Waals surface area contributed by atoms with Crippen LogP contribution in [0.3, 0.4) is 0 Å². The average Bonchev–Trinajstić information content (AvgIpc) is 3.88. The summed E-state index contributed by atoms with van der Waals surface area (Å²) in [6, 6.07) is 12.9. The van der Waals surface area contributed by atoms with Gasteiger partial charge in [0.25, 0.3) is 5.91 Å². The Bertz CT molecular complexity index is 1760. The van der Waals surface area contributed by atoms with Crippen LogP contribution in [0.15, 0.2) is 54.0 Å². The van der Waals surface area contributed by atoms with Gasteiger partial charge in [0.05, 0.1) is 75.0 Å². The standard InChI is InChI=1S/C42H58N6O9S/c1-29(31-8-10-32(11-9-31)37-30(2)45-28-58-37)46-40(52)35-7-6-18-48(35)41(53)38(42(3,4)5)47-36(50)16-19-54-21-23-56-25-26-57-24-22-55-20-17-43-39(51)33-12-14-34(15-13-33)44-27-49/h8-15,27-29,35,38H,6-7,16-26H2,1-5H3,(H,43,51)(H,44,49)(H,46,52)(H,47,50)/t29-,35-,38?/m0/s1. The van der Waals surface area contributed by atoms with Crippen LogP contribution in [0.1, 0.15) is 74.6 Å². The van der Waals surface area contributed by atoms with Gasteiger partial charge in [-0.2, -0.15) is 0 Å². The number of carbonyl (C=O) groups excluding carboxylic acids is 5. The number of amides is 5. The molecule has 1 aromatic heterocycles. The van der Waals surface area contributed by atoms with Crippen LogP contribution in [-0.4, -0.2) is 118 Å². The van der Waals surface area contributed by atoms with Crippen molar-refractivity contribution in [3.05, 3.63) is 70.9 Å². The summed E-state index contributed by atoms with van der Waals surface area (Å²) in [6.45, 7) is 13.0. The molecule has 3 atom stereocenters. The van der Waals surface area contributed by atoms with Crippen LogP contribution in [0.25, 0.3) is 10.4 Å². The fraction of sp³-hybridized carbons (Fsp3) is 0.524. The zero-order valence-corrected chi connectivity index (χ0v) is 35.0. The Kier molecular flexibility index (Phi) is 18.7. The molecule has 16 heteroatoms. The van der Waals surface area contributed by atoms with Gasteiger partial charge in [-0.05, 0) is 67.5 Å². The topological polar surface area (TPSA) is 187 Å². The monoisotopic (exact) mass is 822 g/mol. The molecule has 2 aromatic carbocycles. The van der Waals surface area contributed by atoms with Crippen molar-refractivity contribution in [2.24, 2.45) is 5.41 Å². The zero-order chi connectivity index (χ0) is 41.9. The molecular formula is C42H58N6O9S. The van der Waals surface area contributed by atoms with Crippen molar-refractivity contribution in [3.63, 3.8) is 0 Å². The molecule has 5 amide bonds. The maximum absolute atomic E-state index is 13.9. The lowest BCUT2D eigenvalue weighted by molar-refractivity contribution is -0.144. The first kappa shape index (κ1) is 46.0. The minimum Gasteiger partial charge on any atom is -0.379 e. The van der Waals surface area contributed by atoms with Gasteiger partial charge in [0, 0.05) is 30.8 Å². The maximum Gasteiger partial charge on any atom is 0.251 e. The van der Waals surface area contributed by atoms with Crippen molar-refractivity contribution in [3.8, 4) is 10.4 Å². The highest BCUT2D eigenvalue weighted by molar-refractivity contribution is 7.13. The van der Waals surface area contributed by atoms with Crippen LogP contribution in [0.2, 0.25) is 0 Å². The van der Waals surface area contributed by atoms with E-state index in [-0.39, 0.29) is 42.7 Å². The molecule has 1 fully saturated rings. The fourth-order valence-corrected chi connectivity index (χ4v) is 7.11. The number of anilines is 1. The van der Waals surface area contributed by atoms with E-state index in [2.05, 4.69) is 26.3 Å². The summed E-state index contributed by atoms with van der Waals surface area (Å²) in [4.78, 5) is 70.1. The molecule has 2 heterocycles. The van der Waals surface area contributed by atoms with Crippen LogP contribution in [-0.2, 0) is 38.1 Å². The second-order valence-electron chi connectivity index (χ2n) is 15.0. The van der Waals surface area contributed by atoms with E-state index in [1.807, 2.05) is 64.4 Å². The van der Waals surface area contributed by atoms with Crippen molar-refractivity contribution in [1.82, 2.24) is 25.8 Å². The van der Waals surface area contributed by atoms with Gasteiger partial charge in [-0.1, -0.05) is 45.0 Å². The molecule has 4 rings (SSSR count). The Morgan fingerprint density at radius 2 is 1.50 bits per heavy atom. The third-order valence-corrected chi connectivity index (χ3v) is 10.5. The van der Waals surface area contributed by atoms with Crippen LogP contribution in [0, 0.1) is 12.3 Å². The number of thiazole rings is 1. The van der Waals surface area contributed by atoms with Gasteiger partial charge in [-0.25, -0.2) is 4.98 Å². The molecule has 0 spiro atoms. The van der Waals surface area contributed by atoms with Crippen molar-refractivity contribution in [2.75, 3.05) is 71.3 Å². The SMILES string of the molecule is Cc1ncsc1-c1ccc([C@H](C)NC(=O)[C@@H]2CCCN2C(=O)C(NC(=O)CCOCCOCCOCCOCCNC(=O)c2ccc(NC=O)cc2)C(C)(C)C)cc1. The first-order chi connectivity index (χ1) is 27.9. The molecule has 316 valence electrons. The highest BCUT2D eigenvalue weighted by atomic mass is 32.1. The van der Waals surface area contributed by atoms with Gasteiger partial charge < -0.3 is 45.1 Å². The van der Waals surface area contributed by atoms with E-state index >= 15 is 0 Å². The Balaban J connectivity index is 1.05. The van der Waals surface area contributed by atoms with Crippen molar-refractivity contribution in [1.29, 1.82) is 0 Å². The third kappa shape index (κ3) is 14.6. The summed E-state index contributed by atoms with van der Waals surface area (Å²) in [5, 5.41) is 11.3. The van der Waals surface area contributed by atoms with Gasteiger partial charge in [0.2, 0.25) is 24.1 Å². The molecule has 1 unspecified atom stereocenters. The minimum absolute atomic E-state index is 0.0721. The Morgan fingerprint density at radius 1 is 0.879 bits per heavy atom. The number of nitrogens with one attached hydrogen (secondary N) is 4. The van der Waals surface area contributed by atoms with E-state index in [0.717, 1.165) is 21.7 Å². The van der Waals surface area contributed by atoms with Gasteiger partial charge in [0.1, 0.15) is 12.1 Å². The van der Waals surface area contributed by atoms with Crippen molar-refractivity contribution >= 4 is 47.1 Å². The van der Waals surface area contributed by atoms with E-state index < -0.39 is 17.5 Å². The lowest BCUT2D eigenvalue weighted by Gasteiger charge is -2.35. The first-order valence-corrected chi connectivity index (χ1v) is 20.6. The van der Waals surface area contributed by atoms with E-state index in [9.17, 15) is 24.0 Å². The molecule has 0 aliphatic carbocycles. The number of aryl methyl sites for hydroxylation is 1. The van der Waals surface area contributed by atoms with Crippen LogP contribution >= 0.6 is 11.3 Å². The molecule has 1 aliphatic heterocycles. The number of benzene rings is 2. The van der Waals surface area contributed by atoms with Crippen LogP contribution in [0.5, 0.6) is 0 Å². The van der Waals surface area contributed by atoms with Crippen molar-refractivity contribution < 1.29 is 42.9 Å². The van der Waals surface area contributed by atoms with Gasteiger partial charge in [-0.3, -0.25) is 24.0 Å². The number of nitrogens with zero attached hydrogens (tertiary/aromatic N) is 2. The highest BCUT2D eigenvalue weighted by Crippen LogP contribution is 2.29. The average molecular weight is 823 g/mol. The molecule has 0 saturated carbocycles. The molecule has 1 aliphatic rings. The van der Waals surface area contributed by atoms with Crippen molar-refractivity contribution in [2.45, 2.75) is 72.0 Å². The predicted octanol–water partition coefficient (Wildman–Crippen LogP) is 4.27. The largest absolute Gasteiger partial charge is 0.379 e. The molecule has 3 aromatic rings. The summed E-state index contributed by atoms with van der Waals surface area (Å²) in [6.07, 6.45) is 1.90. The number of ether oxygens (including phenoxy) is 4. The first-order valence-electron chi connectivity index (χ1n) is 19.7. The number of rotatable bonds is 24. The Morgan fingerprint density at radius 3 is 2.09 bits per heavy atom. The summed E-state index contributed by atoms with van der Waals surface area (Å²) in [5.74, 6) is -1.01. The highest BCUT2D eigenvalue weighted by Gasteiger charge is 2.42. The number of likely N-dealkylation sites (tertiary alicyclic amines) is 1. The summed E-state index contributed by atoms with van der Waals surface area (Å²) in [7, 11) is 0. The normalized spacial score (nSPS) is 15.1. The molecule has 58 heavy (non-hydrogen) atoms. The number of aromatic nitrogens is 1. The second kappa shape index (κ2) is 23.6. The van der Waals surface area contributed by atoms with Gasteiger partial charge in [-0.15, -0.1) is 11.3 Å². The number of hydrogen-bond donors (Lipinski definition) is 4. The third-order valence-electron chi connectivity index (χ3n) is 9.53. The quantitative estimate of drug-likeness (QED) is 0.0751. The lowest BCUT2D eigenvalue weighted by atomic mass is 9.85. The molecular weight excluding hydrogens is 765 g/mol. The molecule has 4 N–H and O–H groups in total. The predicted molar refractivity (Wildman–Crippen MR) is 221 cm³/mol. The van der Waals surface area contributed by atoms with E-state index in [4.69, 9.17) is 18.9 Å². The maximum atomic E-state index is 13.9. The molecule has 1 saturated heterocycles. The zero-order valence-electron chi connectivity index (χ0n) is 34.2. The Labute approximate surface area is 344 Å². The van der Waals surface area contributed by atoms with E-state index in [1.54, 1.807) is 40.5 Å². The number of hydrogen-bond acceptors (Lipinski definition) is 11. The van der Waals surface area contributed by atoms with E-state index in [0.29, 0.717) is 89.8 Å². The smallest absolute Gasteiger partial charge is 0.251 e. The minimum atomic E-state index is -0.814. The summed E-state index contributed by atoms with van der Waals surface area (Å²) in [5.41, 5.74) is 5.36. The summed E-state index contributed by atoms with van der Waals surface area (Å²) >= 11 is 1.59. The van der Waals surface area contributed by atoms with E-state index in [1.165, 1.54) is 0 Å². The Hall–Kier alpha value is -4.74. The van der Waals surface area contributed by atoms with Crippen LogP contribution < -0.4 is 21.3 Å². The molecule has 15 nitrogen and oxygen atoms in total. The van der Waals surface area contributed by atoms with Gasteiger partial charge >= 0.3 is 0 Å². The molecule has 0 radical (unpaired) electrons. The van der Waals surface area contributed by atoms with Crippen LogP contribution in [0.4, 0.5) is 5.69 Å². The molecule has 0 bridgehead atoms. The fourth-order valence-electron chi connectivity index (χ4n) is 6.30.